The molecule has 3 rings (SSSR count). The quantitative estimate of drug-likeness (QED) is 0.670. The monoisotopic (exact) mass is 314 g/mol. The molecule has 1 atom stereocenters. The van der Waals surface area contributed by atoms with Crippen LogP contribution in [-0.2, 0) is 6.42 Å². The third-order valence-electron chi connectivity index (χ3n) is 4.89. The van der Waals surface area contributed by atoms with Gasteiger partial charge in [-0.05, 0) is 56.8 Å². The van der Waals surface area contributed by atoms with Crippen molar-refractivity contribution in [3.63, 3.8) is 0 Å². The van der Waals surface area contributed by atoms with Crippen LogP contribution in [0.25, 0.3) is 0 Å². The minimum Gasteiger partial charge on any atom is -0.356 e. The Labute approximate surface area is 140 Å². The number of hydrogen-bond acceptors (Lipinski definition) is 2. The van der Waals surface area contributed by atoms with Gasteiger partial charge in [0.1, 0.15) is 0 Å². The van der Waals surface area contributed by atoms with Crippen LogP contribution < -0.4 is 10.2 Å². The van der Waals surface area contributed by atoms with Gasteiger partial charge in [-0.1, -0.05) is 25.1 Å². The lowest BCUT2D eigenvalue weighted by Gasteiger charge is -2.23. The third kappa shape index (κ3) is 3.86. The molecule has 0 spiro atoms. The molecule has 4 nitrogen and oxygen atoms in total. The second-order valence-electron chi connectivity index (χ2n) is 6.68. The minimum atomic E-state index is 0.716. The second kappa shape index (κ2) is 7.82. The zero-order valence-corrected chi connectivity index (χ0v) is 14.6. The van der Waals surface area contributed by atoms with Crippen molar-refractivity contribution in [3.8, 4) is 0 Å². The number of hydrogen-bond donors (Lipinski definition) is 1. The van der Waals surface area contributed by atoms with E-state index in [1.807, 2.05) is 0 Å². The van der Waals surface area contributed by atoms with E-state index in [0.717, 1.165) is 32.0 Å². The number of likely N-dealkylation sites (tertiary alicyclic amines) is 1. The number of nitrogens with one attached hydrogen (secondary N) is 1. The van der Waals surface area contributed by atoms with Gasteiger partial charge in [-0.15, -0.1) is 0 Å². The van der Waals surface area contributed by atoms with E-state index in [1.165, 1.54) is 43.7 Å². The fraction of sp³-hybridized carbons (Fsp3) is 0.632. The van der Waals surface area contributed by atoms with Crippen molar-refractivity contribution in [2.24, 2.45) is 10.9 Å². The average Bonchev–Trinajstić information content (AvgIpc) is 3.19. The topological polar surface area (TPSA) is 30.9 Å². The lowest BCUT2D eigenvalue weighted by molar-refractivity contribution is 0.326. The second-order valence-corrected chi connectivity index (χ2v) is 6.68. The lowest BCUT2D eigenvalue weighted by atomic mass is 10.1. The van der Waals surface area contributed by atoms with E-state index in [0.29, 0.717) is 5.92 Å². The lowest BCUT2D eigenvalue weighted by Crippen LogP contribution is -2.41. The maximum Gasteiger partial charge on any atom is 0.198 e. The first-order chi connectivity index (χ1) is 11.3. The van der Waals surface area contributed by atoms with Gasteiger partial charge in [0.2, 0.25) is 0 Å². The molecule has 2 heterocycles. The smallest absolute Gasteiger partial charge is 0.198 e. The molecule has 0 bridgehead atoms. The van der Waals surface area contributed by atoms with Gasteiger partial charge in [0.25, 0.3) is 0 Å². The number of anilines is 1. The number of benzene rings is 1. The highest BCUT2D eigenvalue weighted by Gasteiger charge is 2.24. The van der Waals surface area contributed by atoms with E-state index in [4.69, 9.17) is 4.99 Å². The molecule has 126 valence electrons. The van der Waals surface area contributed by atoms with Crippen LogP contribution in [0.4, 0.5) is 5.69 Å². The Balaban J connectivity index is 1.65. The van der Waals surface area contributed by atoms with E-state index in [2.05, 4.69) is 53.2 Å². The van der Waals surface area contributed by atoms with E-state index in [1.54, 1.807) is 0 Å². The van der Waals surface area contributed by atoms with Gasteiger partial charge >= 0.3 is 0 Å². The number of nitrogens with zero attached hydrogens (tertiary/aromatic N) is 3. The van der Waals surface area contributed by atoms with Gasteiger partial charge in [-0.3, -0.25) is 4.99 Å². The largest absolute Gasteiger partial charge is 0.356 e. The first-order valence-electron chi connectivity index (χ1n) is 9.18. The van der Waals surface area contributed by atoms with Gasteiger partial charge in [-0.2, -0.15) is 0 Å². The summed E-state index contributed by atoms with van der Waals surface area (Å²) in [6, 6.07) is 8.71. The molecule has 0 aliphatic carbocycles. The zero-order chi connectivity index (χ0) is 16.1. The summed E-state index contributed by atoms with van der Waals surface area (Å²) in [5.41, 5.74) is 2.76. The Bertz CT molecular complexity index is 540. The number of aliphatic imine (C=N–C) groups is 1. The normalized spacial score (nSPS) is 21.7. The van der Waals surface area contributed by atoms with Crippen molar-refractivity contribution in [2.45, 2.75) is 33.1 Å². The average molecular weight is 314 g/mol. The van der Waals surface area contributed by atoms with Gasteiger partial charge in [0.15, 0.2) is 5.96 Å². The van der Waals surface area contributed by atoms with Crippen molar-refractivity contribution in [3.05, 3.63) is 29.8 Å². The number of rotatable bonds is 5. The van der Waals surface area contributed by atoms with E-state index in [-0.39, 0.29) is 0 Å². The number of guanidine groups is 1. The molecule has 23 heavy (non-hydrogen) atoms. The van der Waals surface area contributed by atoms with Crippen LogP contribution in [0.5, 0.6) is 0 Å². The summed E-state index contributed by atoms with van der Waals surface area (Å²) >= 11 is 0. The molecule has 2 aliphatic rings. The molecule has 1 saturated heterocycles. The van der Waals surface area contributed by atoms with Crippen LogP contribution in [0.2, 0.25) is 0 Å². The van der Waals surface area contributed by atoms with Crippen LogP contribution in [0.3, 0.4) is 0 Å². The van der Waals surface area contributed by atoms with Crippen LogP contribution in [0.15, 0.2) is 29.3 Å². The Morgan fingerprint density at radius 1 is 1.26 bits per heavy atom. The predicted octanol–water partition coefficient (Wildman–Crippen LogP) is 2.75. The Kier molecular flexibility index (Phi) is 5.55. The Hall–Kier alpha value is -1.55. The van der Waals surface area contributed by atoms with E-state index in [9.17, 15) is 0 Å². The number of fused-ring (bicyclic) bond motifs is 1. The molecule has 0 aromatic heterocycles. The molecule has 2 aliphatic heterocycles. The highest BCUT2D eigenvalue weighted by molar-refractivity contribution is 5.97. The summed E-state index contributed by atoms with van der Waals surface area (Å²) in [4.78, 5) is 9.92. The Morgan fingerprint density at radius 2 is 2.13 bits per heavy atom. The van der Waals surface area contributed by atoms with E-state index < -0.39 is 0 Å². The molecule has 1 aromatic rings. The summed E-state index contributed by atoms with van der Waals surface area (Å²) in [5, 5.41) is 3.49. The van der Waals surface area contributed by atoms with Gasteiger partial charge in [-0.25, -0.2) is 0 Å². The highest BCUT2D eigenvalue weighted by Crippen LogP contribution is 2.27. The van der Waals surface area contributed by atoms with Crippen LogP contribution >= 0.6 is 0 Å². The molecule has 1 unspecified atom stereocenters. The van der Waals surface area contributed by atoms with Crippen LogP contribution in [0, 0.1) is 5.92 Å². The maximum absolute atomic E-state index is 4.98. The molecular formula is C19H30N4. The summed E-state index contributed by atoms with van der Waals surface area (Å²) in [6.45, 7) is 11.0. The fourth-order valence-corrected chi connectivity index (χ4v) is 3.75. The molecule has 0 saturated carbocycles. The van der Waals surface area contributed by atoms with Crippen molar-refractivity contribution in [1.82, 2.24) is 10.2 Å². The van der Waals surface area contributed by atoms with Crippen molar-refractivity contribution >= 4 is 11.6 Å². The Morgan fingerprint density at radius 3 is 2.96 bits per heavy atom. The van der Waals surface area contributed by atoms with Crippen LogP contribution in [0.1, 0.15) is 32.3 Å². The molecule has 1 aromatic carbocycles. The first kappa shape index (κ1) is 16.3. The SMILES string of the molecule is CCCN1CCC(CN=C(NCC)N2CCc3ccccc32)C1. The van der Waals surface area contributed by atoms with Crippen molar-refractivity contribution in [2.75, 3.05) is 44.2 Å². The van der Waals surface area contributed by atoms with Crippen molar-refractivity contribution < 1.29 is 0 Å². The summed E-state index contributed by atoms with van der Waals surface area (Å²) < 4.78 is 0. The highest BCUT2D eigenvalue weighted by atomic mass is 15.3. The van der Waals surface area contributed by atoms with E-state index >= 15 is 0 Å². The van der Waals surface area contributed by atoms with Gasteiger partial charge in [0.05, 0.1) is 0 Å². The zero-order valence-electron chi connectivity index (χ0n) is 14.6. The molecule has 4 heteroatoms. The summed E-state index contributed by atoms with van der Waals surface area (Å²) in [5.74, 6) is 1.78. The predicted molar refractivity (Wildman–Crippen MR) is 98.3 cm³/mol. The minimum absolute atomic E-state index is 0.716. The number of para-hydroxylation sites is 1. The third-order valence-corrected chi connectivity index (χ3v) is 4.89. The maximum atomic E-state index is 4.98. The van der Waals surface area contributed by atoms with Crippen molar-refractivity contribution in [1.29, 1.82) is 0 Å². The van der Waals surface area contributed by atoms with Gasteiger partial charge in [0, 0.05) is 31.9 Å². The summed E-state index contributed by atoms with van der Waals surface area (Å²) in [6.07, 6.45) is 3.66. The molecule has 0 radical (unpaired) electrons. The van der Waals surface area contributed by atoms with Crippen LogP contribution in [-0.4, -0.2) is 50.1 Å². The first-order valence-corrected chi connectivity index (χ1v) is 9.18. The molecule has 1 fully saturated rings. The standard InChI is InChI=1S/C19H30N4/c1-3-11-22-12-9-16(15-22)14-21-19(20-4-2)23-13-10-17-7-5-6-8-18(17)23/h5-8,16H,3-4,9-15H2,1-2H3,(H,20,21). The van der Waals surface area contributed by atoms with Gasteiger partial charge < -0.3 is 15.1 Å². The molecule has 0 amide bonds. The summed E-state index contributed by atoms with van der Waals surface area (Å²) in [7, 11) is 0. The molecule has 1 N–H and O–H groups in total. The molecular weight excluding hydrogens is 284 g/mol. The fourth-order valence-electron chi connectivity index (χ4n) is 3.75.